The van der Waals surface area contributed by atoms with Crippen LogP contribution in [-0.2, 0) is 16.0 Å². The third kappa shape index (κ3) is 2.96. The van der Waals surface area contributed by atoms with E-state index in [1.165, 1.54) is 24.6 Å². The number of H-pyrrole nitrogens is 1. The number of fused-ring (bicyclic) bond motifs is 1. The molecular formula is C18H18N4O3S. The number of carbonyl (C=O) groups excluding carboxylic acids is 2. The number of pyridine rings is 1. The van der Waals surface area contributed by atoms with E-state index in [1.807, 2.05) is 11.4 Å². The van der Waals surface area contributed by atoms with E-state index in [-0.39, 0.29) is 11.8 Å². The molecular weight excluding hydrogens is 352 g/mol. The highest BCUT2D eigenvalue weighted by Gasteiger charge is 2.30. The van der Waals surface area contributed by atoms with Crippen LogP contribution in [-0.4, -0.2) is 33.9 Å². The van der Waals surface area contributed by atoms with Crippen LogP contribution < -0.4 is 5.32 Å². The minimum atomic E-state index is -0.471. The zero-order valence-electron chi connectivity index (χ0n) is 14.5. The second-order valence-electron chi connectivity index (χ2n) is 6.24. The molecule has 1 saturated carbocycles. The van der Waals surface area contributed by atoms with Gasteiger partial charge in [0.2, 0.25) is 5.91 Å². The number of ether oxygens (including phenoxy) is 1. The molecule has 0 spiro atoms. The van der Waals surface area contributed by atoms with Crippen molar-refractivity contribution in [2.45, 2.75) is 26.2 Å². The average Bonchev–Trinajstić information content (AvgIpc) is 3.23. The molecule has 1 aliphatic carbocycles. The summed E-state index contributed by atoms with van der Waals surface area (Å²) in [7, 11) is 1.33. The van der Waals surface area contributed by atoms with Crippen LogP contribution in [0.5, 0.6) is 0 Å². The highest BCUT2D eigenvalue weighted by Crippen LogP contribution is 2.34. The van der Waals surface area contributed by atoms with E-state index in [2.05, 4.69) is 27.2 Å². The van der Waals surface area contributed by atoms with Crippen LogP contribution in [0.15, 0.2) is 17.6 Å². The predicted octanol–water partition coefficient (Wildman–Crippen LogP) is 3.38. The van der Waals surface area contributed by atoms with Crippen LogP contribution in [0.2, 0.25) is 0 Å². The summed E-state index contributed by atoms with van der Waals surface area (Å²) in [6, 6.07) is 1.86. The maximum Gasteiger partial charge on any atom is 0.340 e. The van der Waals surface area contributed by atoms with Gasteiger partial charge in [-0.15, -0.1) is 11.3 Å². The Balaban J connectivity index is 1.82. The van der Waals surface area contributed by atoms with E-state index in [0.29, 0.717) is 22.3 Å². The largest absolute Gasteiger partial charge is 0.465 e. The third-order valence-corrected chi connectivity index (χ3v) is 5.33. The molecule has 1 amide bonds. The van der Waals surface area contributed by atoms with Gasteiger partial charge < -0.3 is 15.0 Å². The topological polar surface area (TPSA) is 97.0 Å². The van der Waals surface area contributed by atoms with Gasteiger partial charge >= 0.3 is 5.97 Å². The van der Waals surface area contributed by atoms with E-state index in [4.69, 9.17) is 4.74 Å². The zero-order chi connectivity index (χ0) is 18.3. The van der Waals surface area contributed by atoms with Crippen LogP contribution in [0.3, 0.4) is 0 Å². The molecule has 0 radical (unpaired) electrons. The summed E-state index contributed by atoms with van der Waals surface area (Å²) in [6.07, 6.45) is 4.11. The molecule has 1 fully saturated rings. The van der Waals surface area contributed by atoms with Gasteiger partial charge in [0.15, 0.2) is 5.82 Å². The third-order valence-electron chi connectivity index (χ3n) is 4.41. The Morgan fingerprint density at radius 1 is 1.42 bits per heavy atom. The van der Waals surface area contributed by atoms with Crippen LogP contribution in [0.4, 0.5) is 5.82 Å². The standard InChI is InChI=1S/C18H18N4O3S/c1-3-10-8-26-17(20-10)13-6-11-12(18(24)25-2)7-19-15(14(11)21-13)22-16(23)9-4-5-9/h6-9,21H,3-5H2,1-2H3,(H,19,22,23). The molecule has 7 nitrogen and oxygen atoms in total. The first kappa shape index (κ1) is 16.7. The summed E-state index contributed by atoms with van der Waals surface area (Å²) in [5, 5.41) is 6.35. The summed E-state index contributed by atoms with van der Waals surface area (Å²) < 4.78 is 4.86. The molecule has 0 aromatic carbocycles. The number of hydrogen-bond acceptors (Lipinski definition) is 6. The quantitative estimate of drug-likeness (QED) is 0.671. The number of amides is 1. The van der Waals surface area contributed by atoms with Gasteiger partial charge in [0.1, 0.15) is 5.01 Å². The van der Waals surface area contributed by atoms with Gasteiger partial charge in [-0.1, -0.05) is 6.92 Å². The number of nitrogens with zero attached hydrogens (tertiary/aromatic N) is 2. The maximum absolute atomic E-state index is 12.1. The second-order valence-corrected chi connectivity index (χ2v) is 7.10. The van der Waals surface area contributed by atoms with Gasteiger partial charge in [0.25, 0.3) is 0 Å². The number of rotatable bonds is 5. The average molecular weight is 370 g/mol. The second kappa shape index (κ2) is 6.53. The van der Waals surface area contributed by atoms with Crippen LogP contribution >= 0.6 is 11.3 Å². The van der Waals surface area contributed by atoms with E-state index in [0.717, 1.165) is 35.7 Å². The highest BCUT2D eigenvalue weighted by molar-refractivity contribution is 7.13. The summed E-state index contributed by atoms with van der Waals surface area (Å²) in [4.78, 5) is 36.4. The van der Waals surface area contributed by atoms with Crippen molar-refractivity contribution >= 4 is 39.9 Å². The molecule has 26 heavy (non-hydrogen) atoms. The SMILES string of the molecule is CCc1csc(-c2cc3c(C(=O)OC)cnc(NC(=O)C4CC4)c3[nH]2)n1. The highest BCUT2D eigenvalue weighted by atomic mass is 32.1. The van der Waals surface area contributed by atoms with Gasteiger partial charge in [0, 0.05) is 22.9 Å². The minimum absolute atomic E-state index is 0.0386. The summed E-state index contributed by atoms with van der Waals surface area (Å²) in [5.74, 6) is -0.0273. The van der Waals surface area contributed by atoms with Crippen molar-refractivity contribution in [1.82, 2.24) is 15.0 Å². The Morgan fingerprint density at radius 3 is 2.88 bits per heavy atom. The first-order valence-corrected chi connectivity index (χ1v) is 9.34. The number of aromatic nitrogens is 3. The van der Waals surface area contributed by atoms with Crippen molar-refractivity contribution < 1.29 is 14.3 Å². The van der Waals surface area contributed by atoms with E-state index in [1.54, 1.807) is 0 Å². The van der Waals surface area contributed by atoms with Gasteiger partial charge in [-0.25, -0.2) is 14.8 Å². The molecule has 0 bridgehead atoms. The number of carbonyl (C=O) groups is 2. The molecule has 3 aromatic rings. The molecule has 1 aliphatic rings. The molecule has 4 rings (SSSR count). The Bertz CT molecular complexity index is 1000. The first-order chi connectivity index (χ1) is 12.6. The fraction of sp³-hybridized carbons (Fsp3) is 0.333. The number of esters is 1. The fourth-order valence-corrected chi connectivity index (χ4v) is 3.63. The Labute approximate surface area is 153 Å². The maximum atomic E-state index is 12.1. The number of hydrogen-bond donors (Lipinski definition) is 2. The van der Waals surface area contributed by atoms with Crippen molar-refractivity contribution in [2.24, 2.45) is 5.92 Å². The Hall–Kier alpha value is -2.74. The summed E-state index contributed by atoms with van der Waals surface area (Å²) in [5.41, 5.74) is 2.74. The van der Waals surface area contributed by atoms with E-state index >= 15 is 0 Å². The van der Waals surface area contributed by atoms with Crippen LogP contribution in [0.25, 0.3) is 21.6 Å². The number of thiazole rings is 1. The van der Waals surface area contributed by atoms with Crippen LogP contribution in [0.1, 0.15) is 35.8 Å². The lowest BCUT2D eigenvalue weighted by Crippen LogP contribution is -2.15. The minimum Gasteiger partial charge on any atom is -0.465 e. The van der Waals surface area contributed by atoms with E-state index < -0.39 is 5.97 Å². The molecule has 8 heteroatoms. The molecule has 134 valence electrons. The lowest BCUT2D eigenvalue weighted by molar-refractivity contribution is -0.117. The van der Waals surface area contributed by atoms with Crippen molar-refractivity contribution in [3.8, 4) is 10.7 Å². The van der Waals surface area contributed by atoms with Crippen LogP contribution in [0, 0.1) is 5.92 Å². The number of nitrogens with one attached hydrogen (secondary N) is 2. The lowest BCUT2D eigenvalue weighted by Gasteiger charge is -2.07. The molecule has 3 heterocycles. The monoisotopic (exact) mass is 370 g/mol. The Morgan fingerprint density at radius 2 is 2.23 bits per heavy atom. The summed E-state index contributed by atoms with van der Waals surface area (Å²) >= 11 is 1.53. The zero-order valence-corrected chi connectivity index (χ0v) is 15.3. The molecule has 0 unspecified atom stereocenters. The molecule has 2 N–H and O–H groups in total. The fourth-order valence-electron chi connectivity index (χ4n) is 2.76. The number of anilines is 1. The first-order valence-electron chi connectivity index (χ1n) is 8.46. The van der Waals surface area contributed by atoms with E-state index in [9.17, 15) is 9.59 Å². The normalized spacial score (nSPS) is 13.8. The van der Waals surface area contributed by atoms with Gasteiger partial charge in [0.05, 0.1) is 29.6 Å². The van der Waals surface area contributed by atoms with Gasteiger partial charge in [-0.2, -0.15) is 0 Å². The molecule has 3 aromatic heterocycles. The van der Waals surface area contributed by atoms with Gasteiger partial charge in [-0.05, 0) is 25.3 Å². The lowest BCUT2D eigenvalue weighted by atomic mass is 10.1. The van der Waals surface area contributed by atoms with Crippen molar-refractivity contribution in [2.75, 3.05) is 12.4 Å². The molecule has 0 saturated heterocycles. The smallest absolute Gasteiger partial charge is 0.340 e. The Kier molecular flexibility index (Phi) is 4.20. The van der Waals surface area contributed by atoms with Crippen molar-refractivity contribution in [3.63, 3.8) is 0 Å². The number of aromatic amines is 1. The summed E-state index contributed by atoms with van der Waals surface area (Å²) in [6.45, 7) is 2.05. The number of aryl methyl sites for hydroxylation is 1. The number of methoxy groups -OCH3 is 1. The van der Waals surface area contributed by atoms with Gasteiger partial charge in [-0.3, -0.25) is 4.79 Å². The molecule has 0 aliphatic heterocycles. The predicted molar refractivity (Wildman–Crippen MR) is 99.3 cm³/mol. The van der Waals surface area contributed by atoms with Crippen molar-refractivity contribution in [3.05, 3.63) is 28.9 Å². The van der Waals surface area contributed by atoms with Crippen molar-refractivity contribution in [1.29, 1.82) is 0 Å². The molecule has 0 atom stereocenters.